The van der Waals surface area contributed by atoms with E-state index < -0.39 is 0 Å². The van der Waals surface area contributed by atoms with Gasteiger partial charge < -0.3 is 10.2 Å². The first-order chi connectivity index (χ1) is 12.8. The van der Waals surface area contributed by atoms with Gasteiger partial charge in [0.05, 0.1) is 0 Å². The smallest absolute Gasteiger partial charge is 0.224 e. The summed E-state index contributed by atoms with van der Waals surface area (Å²) in [6, 6.07) is 15.2. The zero-order valence-electron chi connectivity index (χ0n) is 14.9. The number of nitrogens with one attached hydrogen (secondary N) is 1. The Morgan fingerprint density at radius 1 is 1.12 bits per heavy atom. The molecular formula is C22H22N4. The second kappa shape index (κ2) is 6.13. The van der Waals surface area contributed by atoms with Crippen molar-refractivity contribution in [2.45, 2.75) is 25.9 Å². The fraction of sp³-hybridized carbons (Fsp3) is 0.273. The summed E-state index contributed by atoms with van der Waals surface area (Å²) in [5.74, 6) is 1.07. The topological polar surface area (TPSA) is 40.0 Å². The van der Waals surface area contributed by atoms with Gasteiger partial charge in [-0.15, -0.1) is 0 Å². The van der Waals surface area contributed by atoms with E-state index in [2.05, 4.69) is 83.1 Å². The molecule has 2 aromatic rings. The lowest BCUT2D eigenvalue weighted by molar-refractivity contribution is 0.238. The van der Waals surface area contributed by atoms with Crippen LogP contribution in [0.1, 0.15) is 24.5 Å². The third kappa shape index (κ3) is 2.53. The summed E-state index contributed by atoms with van der Waals surface area (Å²) in [6.45, 7) is 3.12. The molecule has 0 fully saturated rings. The van der Waals surface area contributed by atoms with Crippen LogP contribution in [0, 0.1) is 5.92 Å². The summed E-state index contributed by atoms with van der Waals surface area (Å²) >= 11 is 0. The molecule has 4 nitrogen and oxygen atoms in total. The van der Waals surface area contributed by atoms with E-state index in [9.17, 15) is 0 Å². The number of rotatable bonds is 2. The van der Waals surface area contributed by atoms with Gasteiger partial charge in [0, 0.05) is 24.4 Å². The molecule has 4 heteroatoms. The molecule has 0 bridgehead atoms. The number of benzene rings is 2. The first-order valence-corrected chi connectivity index (χ1v) is 9.34. The second-order valence-electron chi connectivity index (χ2n) is 7.09. The largest absolute Gasteiger partial charge is 0.356 e. The number of hydrogen-bond donors (Lipinski definition) is 1. The van der Waals surface area contributed by atoms with Crippen LogP contribution in [0.15, 0.2) is 64.7 Å². The van der Waals surface area contributed by atoms with Crippen LogP contribution in [-0.4, -0.2) is 29.8 Å². The van der Waals surface area contributed by atoms with Crippen molar-refractivity contribution >= 4 is 17.9 Å². The van der Waals surface area contributed by atoms with E-state index in [1.807, 2.05) is 0 Å². The highest BCUT2D eigenvalue weighted by atomic mass is 15.3. The first-order valence-electron chi connectivity index (χ1n) is 9.34. The van der Waals surface area contributed by atoms with Crippen molar-refractivity contribution in [2.75, 3.05) is 11.9 Å². The van der Waals surface area contributed by atoms with Crippen molar-refractivity contribution in [1.29, 1.82) is 0 Å². The molecule has 2 aromatic carbocycles. The van der Waals surface area contributed by atoms with Gasteiger partial charge in [-0.3, -0.25) is 0 Å². The van der Waals surface area contributed by atoms with Gasteiger partial charge in [0.15, 0.2) is 0 Å². The van der Waals surface area contributed by atoms with Gasteiger partial charge in [-0.1, -0.05) is 36.4 Å². The van der Waals surface area contributed by atoms with E-state index in [0.29, 0.717) is 11.9 Å². The Labute approximate surface area is 154 Å². The molecule has 0 radical (unpaired) electrons. The molecule has 5 rings (SSSR count). The number of hydrogen-bond acceptors (Lipinski definition) is 4. The van der Waals surface area contributed by atoms with Crippen LogP contribution in [-0.2, 0) is 6.42 Å². The maximum Gasteiger partial charge on any atom is 0.224 e. The molecule has 2 unspecified atom stereocenters. The van der Waals surface area contributed by atoms with Crippen molar-refractivity contribution < 1.29 is 0 Å². The Bertz CT molecular complexity index is 941. The van der Waals surface area contributed by atoms with Gasteiger partial charge in [0.1, 0.15) is 6.17 Å². The van der Waals surface area contributed by atoms with E-state index in [1.54, 1.807) is 0 Å². The summed E-state index contributed by atoms with van der Waals surface area (Å²) < 4.78 is 0. The summed E-state index contributed by atoms with van der Waals surface area (Å²) in [5, 5.41) is 3.42. The summed E-state index contributed by atoms with van der Waals surface area (Å²) in [4.78, 5) is 11.7. The van der Waals surface area contributed by atoms with Crippen LogP contribution in [0.2, 0.25) is 0 Å². The molecule has 1 aliphatic carbocycles. The average Bonchev–Trinajstić information content (AvgIpc) is 3.05. The number of fused-ring (bicyclic) bond motifs is 4. The van der Waals surface area contributed by atoms with Crippen molar-refractivity contribution in [3.63, 3.8) is 0 Å². The standard InChI is InChI=1S/C22H22N4/c1-2-26-11-5-7-17-14-23-22(25-21(17)26)24-18-10-9-16-12-15-6-3-4-8-19(15)20(16)13-18/h3-6,8-11,13-14,17,21H,2,7,12H2,1H3,(H,24,25). The number of anilines is 1. The number of aliphatic imine (C=N–C) groups is 2. The van der Waals surface area contributed by atoms with Crippen LogP contribution in [0.4, 0.5) is 5.69 Å². The SMILES string of the molecule is CCN1C=CCC2C=NC(Nc3ccc4c(c3)-c3ccccc3C4)=NC21. The van der Waals surface area contributed by atoms with E-state index in [1.165, 1.54) is 22.3 Å². The van der Waals surface area contributed by atoms with Crippen molar-refractivity contribution in [3.8, 4) is 11.1 Å². The molecule has 0 saturated heterocycles. The zero-order valence-corrected chi connectivity index (χ0v) is 14.9. The van der Waals surface area contributed by atoms with Crippen LogP contribution in [0.5, 0.6) is 0 Å². The van der Waals surface area contributed by atoms with Gasteiger partial charge in [0.25, 0.3) is 0 Å². The lowest BCUT2D eigenvalue weighted by Crippen LogP contribution is -2.42. The second-order valence-corrected chi connectivity index (χ2v) is 7.09. The summed E-state index contributed by atoms with van der Waals surface area (Å²) in [6.07, 6.45) is 8.61. The molecule has 1 N–H and O–H groups in total. The molecule has 2 heterocycles. The van der Waals surface area contributed by atoms with Gasteiger partial charge in [0.2, 0.25) is 5.96 Å². The number of guanidine groups is 1. The van der Waals surface area contributed by atoms with E-state index in [0.717, 1.165) is 25.1 Å². The minimum Gasteiger partial charge on any atom is -0.356 e. The normalized spacial score (nSPS) is 22.5. The molecule has 0 aromatic heterocycles. The Kier molecular flexibility index (Phi) is 3.63. The van der Waals surface area contributed by atoms with Crippen LogP contribution >= 0.6 is 0 Å². The Balaban J connectivity index is 1.42. The van der Waals surface area contributed by atoms with Crippen molar-refractivity contribution in [3.05, 3.63) is 65.9 Å². The molecule has 2 aliphatic heterocycles. The third-order valence-corrected chi connectivity index (χ3v) is 5.49. The predicted molar refractivity (Wildman–Crippen MR) is 108 cm³/mol. The third-order valence-electron chi connectivity index (χ3n) is 5.49. The maximum absolute atomic E-state index is 4.87. The highest BCUT2D eigenvalue weighted by Crippen LogP contribution is 2.38. The highest BCUT2D eigenvalue weighted by Gasteiger charge is 2.29. The van der Waals surface area contributed by atoms with Crippen LogP contribution < -0.4 is 5.32 Å². The monoisotopic (exact) mass is 342 g/mol. The lowest BCUT2D eigenvalue weighted by atomic mass is 9.99. The van der Waals surface area contributed by atoms with E-state index in [-0.39, 0.29) is 6.17 Å². The Morgan fingerprint density at radius 2 is 2.00 bits per heavy atom. The molecule has 0 amide bonds. The van der Waals surface area contributed by atoms with Crippen molar-refractivity contribution in [2.24, 2.45) is 15.9 Å². The summed E-state index contributed by atoms with van der Waals surface area (Å²) in [5.41, 5.74) is 6.50. The van der Waals surface area contributed by atoms with E-state index in [4.69, 9.17) is 4.99 Å². The molecular weight excluding hydrogens is 320 g/mol. The van der Waals surface area contributed by atoms with Gasteiger partial charge in [-0.2, -0.15) is 0 Å². The van der Waals surface area contributed by atoms with E-state index >= 15 is 0 Å². The summed E-state index contributed by atoms with van der Waals surface area (Å²) in [7, 11) is 0. The highest BCUT2D eigenvalue weighted by molar-refractivity contribution is 6.00. The van der Waals surface area contributed by atoms with Crippen LogP contribution in [0.25, 0.3) is 11.1 Å². The first kappa shape index (κ1) is 15.4. The fourth-order valence-electron chi connectivity index (χ4n) is 4.13. The zero-order chi connectivity index (χ0) is 17.5. The van der Waals surface area contributed by atoms with Crippen molar-refractivity contribution in [1.82, 2.24) is 4.90 Å². The maximum atomic E-state index is 4.87. The minimum absolute atomic E-state index is 0.153. The molecule has 0 spiro atoms. The Hall–Kier alpha value is -2.88. The number of nitrogens with zero attached hydrogens (tertiary/aromatic N) is 3. The molecule has 3 aliphatic rings. The quantitative estimate of drug-likeness (QED) is 0.754. The van der Waals surface area contributed by atoms with Gasteiger partial charge >= 0.3 is 0 Å². The van der Waals surface area contributed by atoms with Gasteiger partial charge in [-0.05, 0) is 60.4 Å². The molecule has 26 heavy (non-hydrogen) atoms. The minimum atomic E-state index is 0.153. The molecule has 0 saturated carbocycles. The molecule has 130 valence electrons. The van der Waals surface area contributed by atoms with Crippen LogP contribution in [0.3, 0.4) is 0 Å². The number of allylic oxidation sites excluding steroid dienone is 1. The average molecular weight is 342 g/mol. The lowest BCUT2D eigenvalue weighted by Gasteiger charge is -2.36. The molecule has 2 atom stereocenters. The predicted octanol–water partition coefficient (Wildman–Crippen LogP) is 4.29. The van der Waals surface area contributed by atoms with Gasteiger partial charge in [-0.25, -0.2) is 9.98 Å². The Morgan fingerprint density at radius 3 is 2.92 bits per heavy atom. The fourth-order valence-corrected chi connectivity index (χ4v) is 4.13.